The molecule has 4 aromatic rings. The number of likely N-dealkylation sites (tertiary alicyclic amines) is 1. The van der Waals surface area contributed by atoms with Gasteiger partial charge in [-0.1, -0.05) is 42.8 Å². The van der Waals surface area contributed by atoms with Gasteiger partial charge < -0.3 is 19.9 Å². The fraction of sp³-hybridized carbons (Fsp3) is 0.303. The zero-order valence-electron chi connectivity index (χ0n) is 23.1. The van der Waals surface area contributed by atoms with Gasteiger partial charge in [-0.3, -0.25) is 14.3 Å². The van der Waals surface area contributed by atoms with Crippen molar-refractivity contribution >= 4 is 28.2 Å². The van der Waals surface area contributed by atoms with Crippen LogP contribution in [0.5, 0.6) is 5.75 Å². The molecule has 3 heterocycles. The third kappa shape index (κ3) is 6.66. The zero-order valence-corrected chi connectivity index (χ0v) is 23.1. The number of carbonyl (C=O) groups is 2. The standard InChI is InChI=1S/C33H35N5O3/c39-32-13-10-27(35-33(40)26-21-34-38(23-26)22-24-8-3-1-4-9-24)20-29(32)31-19-25-18-28(11-12-30(25)36-31)41-17-7-16-37-14-5-2-6-15-37/h1,3-4,8-12,18-21,23,36H,2,5-7,13-17,22H2,(H,35,40). The second-order valence-corrected chi connectivity index (χ2v) is 10.7. The Labute approximate surface area is 239 Å². The highest BCUT2D eigenvalue weighted by Crippen LogP contribution is 2.28. The number of piperidine rings is 1. The summed E-state index contributed by atoms with van der Waals surface area (Å²) in [6, 6.07) is 17.9. The first-order chi connectivity index (χ1) is 20.1. The fourth-order valence-electron chi connectivity index (χ4n) is 5.47. The number of Topliss-reactive ketones (excluding diaryl/α,β-unsaturated/α-hetero) is 1. The van der Waals surface area contributed by atoms with Crippen molar-refractivity contribution in [2.24, 2.45) is 0 Å². The first-order valence-corrected chi connectivity index (χ1v) is 14.4. The first-order valence-electron chi connectivity index (χ1n) is 14.4. The lowest BCUT2D eigenvalue weighted by Gasteiger charge is -2.26. The molecule has 1 fully saturated rings. The minimum atomic E-state index is -0.265. The molecule has 0 atom stereocenters. The summed E-state index contributed by atoms with van der Waals surface area (Å²) in [4.78, 5) is 31.7. The molecule has 1 saturated heterocycles. The van der Waals surface area contributed by atoms with Crippen molar-refractivity contribution in [1.29, 1.82) is 0 Å². The van der Waals surface area contributed by atoms with Crippen molar-refractivity contribution in [2.75, 3.05) is 26.2 Å². The Bertz CT molecular complexity index is 1590. The number of aromatic amines is 1. The maximum absolute atomic E-state index is 12.9. The Kier molecular flexibility index (Phi) is 8.09. The van der Waals surface area contributed by atoms with E-state index < -0.39 is 0 Å². The molecule has 0 unspecified atom stereocenters. The summed E-state index contributed by atoms with van der Waals surface area (Å²) in [7, 11) is 0. The Morgan fingerprint density at radius 3 is 2.76 bits per heavy atom. The molecular formula is C33H35N5O3. The van der Waals surface area contributed by atoms with Crippen LogP contribution in [0.3, 0.4) is 0 Å². The van der Waals surface area contributed by atoms with Crippen LogP contribution in [-0.2, 0) is 11.3 Å². The van der Waals surface area contributed by atoms with Gasteiger partial charge in [0, 0.05) is 41.3 Å². The summed E-state index contributed by atoms with van der Waals surface area (Å²) in [6.45, 7) is 4.75. The number of carbonyl (C=O) groups excluding carboxylic acids is 2. The molecule has 2 N–H and O–H groups in total. The van der Waals surface area contributed by atoms with Gasteiger partial charge in [-0.25, -0.2) is 0 Å². The molecule has 6 rings (SSSR count). The zero-order chi connectivity index (χ0) is 28.0. The molecule has 1 aliphatic heterocycles. The van der Waals surface area contributed by atoms with Crippen molar-refractivity contribution in [3.05, 3.63) is 102 Å². The molecule has 0 spiro atoms. The van der Waals surface area contributed by atoms with Gasteiger partial charge in [0.15, 0.2) is 5.78 Å². The number of allylic oxidation sites excluding steroid dienone is 3. The highest BCUT2D eigenvalue weighted by molar-refractivity contribution is 6.23. The Morgan fingerprint density at radius 2 is 1.90 bits per heavy atom. The minimum absolute atomic E-state index is 0.000535. The molecule has 2 aromatic heterocycles. The quantitative estimate of drug-likeness (QED) is 0.261. The smallest absolute Gasteiger partial charge is 0.258 e. The van der Waals surface area contributed by atoms with Gasteiger partial charge in [0.1, 0.15) is 5.75 Å². The molecule has 0 saturated carbocycles. The number of hydrogen-bond donors (Lipinski definition) is 2. The lowest BCUT2D eigenvalue weighted by atomic mass is 9.98. The van der Waals surface area contributed by atoms with Crippen molar-refractivity contribution in [1.82, 2.24) is 25.0 Å². The van der Waals surface area contributed by atoms with Crippen molar-refractivity contribution in [3.63, 3.8) is 0 Å². The summed E-state index contributed by atoms with van der Waals surface area (Å²) in [5.41, 5.74) is 4.36. The molecule has 8 heteroatoms. The van der Waals surface area contributed by atoms with E-state index in [1.54, 1.807) is 29.2 Å². The molecule has 1 amide bonds. The predicted octanol–water partition coefficient (Wildman–Crippen LogP) is 5.34. The number of rotatable bonds is 10. The van der Waals surface area contributed by atoms with Crippen molar-refractivity contribution in [3.8, 4) is 5.75 Å². The maximum Gasteiger partial charge on any atom is 0.258 e. The number of aromatic nitrogens is 3. The number of ether oxygens (including phenoxy) is 1. The van der Waals surface area contributed by atoms with E-state index in [-0.39, 0.29) is 18.1 Å². The number of fused-ring (bicyclic) bond motifs is 1. The largest absolute Gasteiger partial charge is 0.494 e. The molecule has 210 valence electrons. The molecule has 0 bridgehead atoms. The molecular weight excluding hydrogens is 514 g/mol. The SMILES string of the molecule is O=C1CC=C(NC(=O)c2cnn(Cc3ccccc3)c2)C=C1c1cc2cc(OCCCN3CCCCC3)ccc2[nH]1. The van der Waals surface area contributed by atoms with Gasteiger partial charge in [0.2, 0.25) is 0 Å². The number of benzene rings is 2. The topological polar surface area (TPSA) is 92.2 Å². The van der Waals surface area contributed by atoms with Crippen molar-refractivity contribution < 1.29 is 14.3 Å². The van der Waals surface area contributed by atoms with Gasteiger partial charge in [-0.2, -0.15) is 5.10 Å². The Balaban J connectivity index is 1.08. The van der Waals surface area contributed by atoms with E-state index in [1.165, 1.54) is 32.4 Å². The van der Waals surface area contributed by atoms with Crippen LogP contribution >= 0.6 is 0 Å². The number of hydrogen-bond acceptors (Lipinski definition) is 5. The van der Waals surface area contributed by atoms with E-state index in [2.05, 4.69) is 20.3 Å². The summed E-state index contributed by atoms with van der Waals surface area (Å²) < 4.78 is 7.77. The van der Waals surface area contributed by atoms with Crippen LogP contribution in [0.2, 0.25) is 0 Å². The number of nitrogens with one attached hydrogen (secondary N) is 2. The Hall–Kier alpha value is -4.43. The van der Waals surface area contributed by atoms with Crippen LogP contribution in [0.15, 0.2) is 84.8 Å². The molecule has 8 nitrogen and oxygen atoms in total. The predicted molar refractivity (Wildman–Crippen MR) is 160 cm³/mol. The molecule has 2 aromatic carbocycles. The van der Waals surface area contributed by atoms with E-state index in [1.807, 2.05) is 54.6 Å². The summed E-state index contributed by atoms with van der Waals surface area (Å²) in [5, 5.41) is 8.24. The fourth-order valence-corrected chi connectivity index (χ4v) is 5.47. The second-order valence-electron chi connectivity index (χ2n) is 10.7. The van der Waals surface area contributed by atoms with Crippen LogP contribution in [0.4, 0.5) is 0 Å². The number of nitrogens with zero attached hydrogens (tertiary/aromatic N) is 3. The van der Waals surface area contributed by atoms with Crippen LogP contribution in [0.1, 0.15) is 53.7 Å². The normalized spacial score (nSPS) is 16.0. The number of amides is 1. The minimum Gasteiger partial charge on any atom is -0.494 e. The average Bonchev–Trinajstić information content (AvgIpc) is 3.64. The molecule has 2 aliphatic rings. The Morgan fingerprint density at radius 1 is 1.05 bits per heavy atom. The van der Waals surface area contributed by atoms with Gasteiger partial charge in [-0.05, 0) is 68.3 Å². The highest BCUT2D eigenvalue weighted by Gasteiger charge is 2.20. The molecule has 0 radical (unpaired) electrons. The lowest BCUT2D eigenvalue weighted by Crippen LogP contribution is -2.31. The summed E-state index contributed by atoms with van der Waals surface area (Å²) in [6.07, 6.45) is 11.9. The third-order valence-corrected chi connectivity index (χ3v) is 7.67. The summed E-state index contributed by atoms with van der Waals surface area (Å²) >= 11 is 0. The first kappa shape index (κ1) is 26.8. The van der Waals surface area contributed by atoms with Crippen LogP contribution in [0.25, 0.3) is 16.5 Å². The number of H-pyrrole nitrogens is 1. The second kappa shape index (κ2) is 12.4. The van der Waals surface area contributed by atoms with E-state index >= 15 is 0 Å². The van der Waals surface area contributed by atoms with E-state index in [0.29, 0.717) is 30.0 Å². The van der Waals surface area contributed by atoms with Crippen LogP contribution < -0.4 is 10.1 Å². The van der Waals surface area contributed by atoms with E-state index in [4.69, 9.17) is 4.74 Å². The molecule has 41 heavy (non-hydrogen) atoms. The van der Waals surface area contributed by atoms with Gasteiger partial charge in [-0.15, -0.1) is 0 Å². The molecule has 1 aliphatic carbocycles. The monoisotopic (exact) mass is 549 g/mol. The van der Waals surface area contributed by atoms with Crippen LogP contribution in [0, 0.1) is 0 Å². The van der Waals surface area contributed by atoms with Gasteiger partial charge >= 0.3 is 0 Å². The van der Waals surface area contributed by atoms with Crippen LogP contribution in [-0.4, -0.2) is 57.6 Å². The number of ketones is 1. The lowest BCUT2D eigenvalue weighted by molar-refractivity contribution is -0.113. The average molecular weight is 550 g/mol. The maximum atomic E-state index is 12.9. The van der Waals surface area contributed by atoms with Gasteiger partial charge in [0.25, 0.3) is 5.91 Å². The summed E-state index contributed by atoms with van der Waals surface area (Å²) in [5.74, 6) is 0.560. The third-order valence-electron chi connectivity index (χ3n) is 7.67. The van der Waals surface area contributed by atoms with E-state index in [9.17, 15) is 9.59 Å². The highest BCUT2D eigenvalue weighted by atomic mass is 16.5. The van der Waals surface area contributed by atoms with E-state index in [0.717, 1.165) is 40.9 Å². The van der Waals surface area contributed by atoms with Gasteiger partial charge in [0.05, 0.1) is 30.6 Å². The van der Waals surface area contributed by atoms with Crippen molar-refractivity contribution in [2.45, 2.75) is 38.6 Å².